The molecular weight excluding hydrogens is 215 g/mol. The average molecular weight is 227 g/mol. The van der Waals surface area contributed by atoms with Crippen LogP contribution >= 0.6 is 22.6 Å². The molecule has 0 aliphatic heterocycles. The first-order valence-corrected chi connectivity index (χ1v) is 4.28. The lowest BCUT2D eigenvalue weighted by atomic mass is 10.2. The molecule has 1 atom stereocenters. The third-order valence-corrected chi connectivity index (χ3v) is 2.61. The van der Waals surface area contributed by atoms with E-state index in [4.69, 9.17) is 0 Å². The second kappa shape index (κ2) is 5.82. The minimum Gasteiger partial charge on any atom is -0.237 e. The Morgan fingerprint density at radius 1 is 1.62 bits per heavy atom. The summed E-state index contributed by atoms with van der Waals surface area (Å²) in [4.78, 5) is 0. The standard InChI is InChI=1S/C6H12IO/c1-2-6(7)4-3-5-8/h6H,2-5H2,1H3. The van der Waals surface area contributed by atoms with Gasteiger partial charge >= 0.3 is 0 Å². The van der Waals surface area contributed by atoms with Crippen LogP contribution in [0.5, 0.6) is 0 Å². The van der Waals surface area contributed by atoms with Crippen molar-refractivity contribution in [3.05, 3.63) is 0 Å². The summed E-state index contributed by atoms with van der Waals surface area (Å²) in [6.45, 7) is 2.25. The van der Waals surface area contributed by atoms with Crippen molar-refractivity contribution in [2.45, 2.75) is 30.1 Å². The molecule has 1 radical (unpaired) electrons. The average Bonchev–Trinajstić information content (AvgIpc) is 1.83. The van der Waals surface area contributed by atoms with Crippen LogP contribution in [0, 0.1) is 0 Å². The predicted octanol–water partition coefficient (Wildman–Crippen LogP) is 2.41. The number of alkyl halides is 1. The molecule has 0 amide bonds. The molecule has 1 nitrogen and oxygen atoms in total. The Morgan fingerprint density at radius 2 is 2.25 bits per heavy atom. The van der Waals surface area contributed by atoms with Crippen molar-refractivity contribution in [3.63, 3.8) is 0 Å². The minimum absolute atomic E-state index is 0.0967. The monoisotopic (exact) mass is 227 g/mol. The first-order valence-electron chi connectivity index (χ1n) is 3.03. The van der Waals surface area contributed by atoms with E-state index in [9.17, 15) is 5.11 Å². The van der Waals surface area contributed by atoms with E-state index in [2.05, 4.69) is 29.5 Å². The Bertz CT molecular complexity index is 47.8. The number of halogens is 1. The van der Waals surface area contributed by atoms with Crippen LogP contribution in [0.3, 0.4) is 0 Å². The molecule has 2 heteroatoms. The van der Waals surface area contributed by atoms with Crippen LogP contribution in [0.4, 0.5) is 0 Å². The zero-order chi connectivity index (χ0) is 6.41. The number of hydrogen-bond acceptors (Lipinski definition) is 0. The fourth-order valence-electron chi connectivity index (χ4n) is 0.509. The van der Waals surface area contributed by atoms with Crippen molar-refractivity contribution in [1.29, 1.82) is 0 Å². The van der Waals surface area contributed by atoms with E-state index in [0.717, 1.165) is 16.8 Å². The second-order valence-electron chi connectivity index (χ2n) is 1.85. The van der Waals surface area contributed by atoms with Crippen LogP contribution in [0.2, 0.25) is 0 Å². The van der Waals surface area contributed by atoms with Gasteiger partial charge in [-0.3, -0.25) is 0 Å². The summed E-state index contributed by atoms with van der Waals surface area (Å²) in [7, 11) is 0. The molecule has 0 aromatic carbocycles. The van der Waals surface area contributed by atoms with E-state index >= 15 is 0 Å². The van der Waals surface area contributed by atoms with E-state index in [1.807, 2.05) is 0 Å². The maximum Gasteiger partial charge on any atom is 0.0822 e. The lowest BCUT2D eigenvalue weighted by Crippen LogP contribution is -1.95. The van der Waals surface area contributed by atoms with E-state index in [1.165, 1.54) is 6.42 Å². The molecule has 0 aromatic heterocycles. The Kier molecular flexibility index (Phi) is 6.32. The zero-order valence-electron chi connectivity index (χ0n) is 5.19. The Hall–Kier alpha value is 0.690. The van der Waals surface area contributed by atoms with Gasteiger partial charge in [-0.1, -0.05) is 29.5 Å². The fraction of sp³-hybridized carbons (Fsp3) is 1.00. The third-order valence-electron chi connectivity index (χ3n) is 1.10. The van der Waals surface area contributed by atoms with E-state index < -0.39 is 0 Å². The van der Waals surface area contributed by atoms with Crippen LogP contribution < -0.4 is 0 Å². The van der Waals surface area contributed by atoms with Crippen LogP contribution in [-0.4, -0.2) is 10.5 Å². The van der Waals surface area contributed by atoms with E-state index in [-0.39, 0.29) is 6.61 Å². The van der Waals surface area contributed by atoms with Gasteiger partial charge in [0.15, 0.2) is 0 Å². The van der Waals surface area contributed by atoms with Crippen molar-refractivity contribution >= 4 is 22.6 Å². The van der Waals surface area contributed by atoms with Gasteiger partial charge < -0.3 is 0 Å². The van der Waals surface area contributed by atoms with Crippen molar-refractivity contribution in [2.24, 2.45) is 0 Å². The summed E-state index contributed by atoms with van der Waals surface area (Å²) in [5.74, 6) is 0. The van der Waals surface area contributed by atoms with Crippen LogP contribution in [0.25, 0.3) is 0 Å². The predicted molar refractivity (Wildman–Crippen MR) is 42.9 cm³/mol. The molecule has 8 heavy (non-hydrogen) atoms. The fourth-order valence-corrected chi connectivity index (χ4v) is 0.949. The molecule has 0 aromatic rings. The highest BCUT2D eigenvalue weighted by atomic mass is 127. The highest BCUT2D eigenvalue weighted by molar-refractivity contribution is 14.1. The van der Waals surface area contributed by atoms with Crippen molar-refractivity contribution in [3.8, 4) is 0 Å². The first-order chi connectivity index (χ1) is 3.81. The summed E-state index contributed by atoms with van der Waals surface area (Å²) in [5, 5.41) is 9.95. The summed E-state index contributed by atoms with van der Waals surface area (Å²) in [6.07, 6.45) is 3.14. The first kappa shape index (κ1) is 8.69. The van der Waals surface area contributed by atoms with Gasteiger partial charge in [0.1, 0.15) is 0 Å². The molecule has 0 fully saturated rings. The van der Waals surface area contributed by atoms with Gasteiger partial charge in [0, 0.05) is 3.92 Å². The van der Waals surface area contributed by atoms with Gasteiger partial charge in [0.2, 0.25) is 0 Å². The molecule has 0 saturated heterocycles. The normalized spacial score (nSPS) is 13.9. The van der Waals surface area contributed by atoms with Gasteiger partial charge in [0.05, 0.1) is 6.61 Å². The maximum atomic E-state index is 9.95. The highest BCUT2D eigenvalue weighted by Crippen LogP contribution is 2.11. The molecule has 1 unspecified atom stereocenters. The lowest BCUT2D eigenvalue weighted by Gasteiger charge is -2.01. The molecule has 0 aliphatic carbocycles. The smallest absolute Gasteiger partial charge is 0.0822 e. The highest BCUT2D eigenvalue weighted by Gasteiger charge is 1.97. The molecule has 0 bridgehead atoms. The van der Waals surface area contributed by atoms with Crippen molar-refractivity contribution < 1.29 is 5.11 Å². The van der Waals surface area contributed by atoms with Crippen molar-refractivity contribution in [1.82, 2.24) is 0 Å². The number of hydrogen-bond donors (Lipinski definition) is 0. The Balaban J connectivity index is 2.86. The molecule has 0 rings (SSSR count). The summed E-state index contributed by atoms with van der Waals surface area (Å²) >= 11 is 2.39. The third kappa shape index (κ3) is 4.84. The Morgan fingerprint density at radius 3 is 2.62 bits per heavy atom. The zero-order valence-corrected chi connectivity index (χ0v) is 7.35. The van der Waals surface area contributed by atoms with Crippen LogP contribution in [0.1, 0.15) is 26.2 Å². The molecular formula is C6H12IO. The molecule has 0 aliphatic rings. The van der Waals surface area contributed by atoms with Gasteiger partial charge in [-0.15, -0.1) is 0 Å². The topological polar surface area (TPSA) is 19.9 Å². The molecule has 0 saturated carbocycles. The molecule has 49 valence electrons. The summed E-state index contributed by atoms with van der Waals surface area (Å²) in [6, 6.07) is 0. The summed E-state index contributed by atoms with van der Waals surface area (Å²) in [5.41, 5.74) is 0. The minimum atomic E-state index is 0.0967. The van der Waals surface area contributed by atoms with E-state index in [1.54, 1.807) is 0 Å². The quantitative estimate of drug-likeness (QED) is 0.519. The van der Waals surface area contributed by atoms with Gasteiger partial charge in [-0.25, -0.2) is 5.11 Å². The summed E-state index contributed by atoms with van der Waals surface area (Å²) < 4.78 is 0.724. The van der Waals surface area contributed by atoms with Gasteiger partial charge in [-0.2, -0.15) is 0 Å². The molecule has 0 heterocycles. The second-order valence-corrected chi connectivity index (χ2v) is 3.61. The number of rotatable bonds is 4. The lowest BCUT2D eigenvalue weighted by molar-refractivity contribution is 0.187. The SMILES string of the molecule is CCC(I)CCC[O]. The van der Waals surface area contributed by atoms with Crippen LogP contribution in [0.15, 0.2) is 0 Å². The van der Waals surface area contributed by atoms with E-state index in [0.29, 0.717) is 0 Å². The largest absolute Gasteiger partial charge is 0.237 e. The van der Waals surface area contributed by atoms with Gasteiger partial charge in [-0.05, 0) is 19.3 Å². The molecule has 0 N–H and O–H groups in total. The van der Waals surface area contributed by atoms with Crippen molar-refractivity contribution in [2.75, 3.05) is 6.61 Å². The molecule has 0 spiro atoms. The maximum absolute atomic E-state index is 9.95. The van der Waals surface area contributed by atoms with Gasteiger partial charge in [0.25, 0.3) is 0 Å². The Labute approximate surface area is 64.6 Å². The van der Waals surface area contributed by atoms with Crippen LogP contribution in [-0.2, 0) is 5.11 Å².